The monoisotopic (exact) mass is 706 g/mol. The lowest BCUT2D eigenvalue weighted by Gasteiger charge is -2.40. The summed E-state index contributed by atoms with van der Waals surface area (Å²) in [7, 11) is 0. The summed E-state index contributed by atoms with van der Waals surface area (Å²) in [5.41, 5.74) is 3.35. The molecule has 0 spiro atoms. The number of pyridine rings is 1. The zero-order valence-electron chi connectivity index (χ0n) is 28.0. The molecule has 13 nitrogen and oxygen atoms in total. The van der Waals surface area contributed by atoms with Gasteiger partial charge in [-0.2, -0.15) is 15.3 Å². The van der Waals surface area contributed by atoms with Crippen molar-refractivity contribution in [1.82, 2.24) is 49.4 Å². The molecule has 0 radical (unpaired) electrons. The minimum atomic E-state index is -1.71. The number of benzene rings is 2. The maximum absolute atomic E-state index is 15.1. The molecule has 0 aliphatic carbocycles. The predicted molar refractivity (Wildman–Crippen MR) is 187 cm³/mol. The molecule has 0 amide bonds. The number of β-amino-alcohol motifs (C(OH)–C–C–N with tert-alkyl or cyclic N) is 1. The highest BCUT2D eigenvalue weighted by Crippen LogP contribution is 2.37. The van der Waals surface area contributed by atoms with Crippen molar-refractivity contribution in [2.45, 2.75) is 19.1 Å². The van der Waals surface area contributed by atoms with Gasteiger partial charge in [-0.3, -0.25) is 10.00 Å². The van der Waals surface area contributed by atoms with Gasteiger partial charge in [0.25, 0.3) is 0 Å². The summed E-state index contributed by atoms with van der Waals surface area (Å²) >= 11 is 0. The molecule has 264 valence electrons. The van der Waals surface area contributed by atoms with Crippen molar-refractivity contribution in [3.63, 3.8) is 0 Å². The first kappa shape index (κ1) is 33.0. The number of piperazine rings is 1. The third-order valence-electron chi connectivity index (χ3n) is 9.25. The number of nitrogens with zero attached hydrogens (tertiary/aromatic N) is 10. The Labute approximate surface area is 295 Å². The molecule has 1 unspecified atom stereocenters. The van der Waals surface area contributed by atoms with Gasteiger partial charge in [0.15, 0.2) is 0 Å². The van der Waals surface area contributed by atoms with E-state index in [1.807, 2.05) is 40.6 Å². The van der Waals surface area contributed by atoms with Crippen LogP contribution in [0.15, 0.2) is 91.8 Å². The second-order valence-corrected chi connectivity index (χ2v) is 12.7. The number of hydrogen-bond donors (Lipinski definition) is 3. The highest BCUT2D eigenvalue weighted by atomic mass is 19.1. The molecule has 1 aliphatic heterocycles. The minimum Gasteiger partial charge on any atom is -0.382 e. The Kier molecular flexibility index (Phi) is 8.60. The van der Waals surface area contributed by atoms with Crippen LogP contribution in [0.3, 0.4) is 0 Å². The van der Waals surface area contributed by atoms with Gasteiger partial charge in [0.1, 0.15) is 47.2 Å². The van der Waals surface area contributed by atoms with E-state index >= 15 is 4.39 Å². The summed E-state index contributed by atoms with van der Waals surface area (Å²) in [6.07, 6.45) is 6.12. The molecule has 52 heavy (non-hydrogen) atoms. The molecule has 3 N–H and O–H groups in total. The number of hydrogen-bond acceptors (Lipinski definition) is 10. The van der Waals surface area contributed by atoms with Gasteiger partial charge in [-0.05, 0) is 55.5 Å². The number of halogens is 3. The fourth-order valence-corrected chi connectivity index (χ4v) is 6.69. The summed E-state index contributed by atoms with van der Waals surface area (Å²) in [5.74, 6) is -0.703. The molecule has 1 fully saturated rings. The fraction of sp³-hybridized carbons (Fsp3) is 0.222. The third kappa shape index (κ3) is 6.44. The van der Waals surface area contributed by atoms with Crippen molar-refractivity contribution in [2.75, 3.05) is 42.9 Å². The topological polar surface area (TPSA) is 141 Å². The van der Waals surface area contributed by atoms with Crippen molar-refractivity contribution < 1.29 is 18.3 Å². The Morgan fingerprint density at radius 2 is 1.75 bits per heavy atom. The highest BCUT2D eigenvalue weighted by molar-refractivity contribution is 5.91. The van der Waals surface area contributed by atoms with Crippen LogP contribution in [0.25, 0.3) is 28.0 Å². The van der Waals surface area contributed by atoms with E-state index in [1.165, 1.54) is 35.5 Å². The molecule has 1 atom stereocenters. The molecular formula is C36H33F3N12O. The van der Waals surface area contributed by atoms with Gasteiger partial charge in [-0.15, -0.1) is 0 Å². The van der Waals surface area contributed by atoms with Crippen molar-refractivity contribution in [2.24, 2.45) is 0 Å². The van der Waals surface area contributed by atoms with Gasteiger partial charge in [0, 0.05) is 56.1 Å². The van der Waals surface area contributed by atoms with Crippen molar-refractivity contribution in [3.8, 4) is 22.5 Å². The SMILES string of the molecule is Cc1[nH]ncc1Nc1nccc(-c2c(-c3ccc(F)cc3)nn3c(N4CCN(CC(O)(Cn5cncn5)c5ccc(F)cc5F)CC4)cccc23)n1. The second kappa shape index (κ2) is 13.5. The standard InChI is InChI=1S/C36H33F3N12O/c1-23-30(18-42-46-23)45-35-41-12-11-29(44-35)33-31-3-2-4-32(51(31)47-34(33)24-5-7-25(37)8-6-24)49-15-13-48(14-16-49)19-36(52,20-50-22-40-21-43-50)27-10-9-26(38)17-28(27)39/h2-12,17-18,21-22,52H,13-16,19-20H2,1H3,(H,42,46)(H,41,44,45). The predicted octanol–water partition coefficient (Wildman–Crippen LogP) is 4.95. The fourth-order valence-electron chi connectivity index (χ4n) is 6.69. The second-order valence-electron chi connectivity index (χ2n) is 12.7. The maximum Gasteiger partial charge on any atom is 0.227 e. The number of H-pyrrole nitrogens is 1. The van der Waals surface area contributed by atoms with Crippen molar-refractivity contribution >= 4 is 23.0 Å². The van der Waals surface area contributed by atoms with Gasteiger partial charge in [-0.1, -0.05) is 12.1 Å². The average molecular weight is 707 g/mol. The van der Waals surface area contributed by atoms with Crippen LogP contribution in [0, 0.1) is 24.4 Å². The van der Waals surface area contributed by atoms with Crippen LogP contribution in [-0.4, -0.2) is 87.3 Å². The maximum atomic E-state index is 15.1. The van der Waals surface area contributed by atoms with E-state index < -0.39 is 17.2 Å². The minimum absolute atomic E-state index is 0.0167. The van der Waals surface area contributed by atoms with E-state index in [0.717, 1.165) is 46.0 Å². The summed E-state index contributed by atoms with van der Waals surface area (Å²) in [4.78, 5) is 17.4. The number of aromatic nitrogens is 9. The van der Waals surface area contributed by atoms with E-state index in [4.69, 9.17) is 10.1 Å². The van der Waals surface area contributed by atoms with Crippen molar-refractivity contribution in [3.05, 3.63) is 120 Å². The lowest BCUT2D eigenvalue weighted by Crippen LogP contribution is -2.52. The molecule has 1 aliphatic rings. The third-order valence-corrected chi connectivity index (χ3v) is 9.25. The summed E-state index contributed by atoms with van der Waals surface area (Å²) in [6, 6.07) is 17.1. The van der Waals surface area contributed by atoms with Crippen LogP contribution in [-0.2, 0) is 12.1 Å². The van der Waals surface area contributed by atoms with Crippen LogP contribution in [0.5, 0.6) is 0 Å². The van der Waals surface area contributed by atoms with Crippen LogP contribution in [0.4, 0.5) is 30.6 Å². The first-order chi connectivity index (χ1) is 25.2. The van der Waals surface area contributed by atoms with Gasteiger partial charge < -0.3 is 15.3 Å². The quantitative estimate of drug-likeness (QED) is 0.179. The number of nitrogens with one attached hydrogen (secondary N) is 2. The smallest absolute Gasteiger partial charge is 0.227 e. The zero-order chi connectivity index (χ0) is 35.8. The largest absolute Gasteiger partial charge is 0.382 e. The molecule has 0 saturated carbocycles. The number of aromatic amines is 1. The molecular weight excluding hydrogens is 673 g/mol. The highest BCUT2D eigenvalue weighted by Gasteiger charge is 2.37. The van der Waals surface area contributed by atoms with Gasteiger partial charge >= 0.3 is 0 Å². The number of rotatable bonds is 10. The molecule has 8 rings (SSSR count). The Morgan fingerprint density at radius 1 is 0.942 bits per heavy atom. The lowest BCUT2D eigenvalue weighted by atomic mass is 9.92. The molecule has 7 aromatic rings. The normalized spacial score (nSPS) is 14.9. The molecule has 5 aromatic heterocycles. The van der Waals surface area contributed by atoms with E-state index in [1.54, 1.807) is 24.5 Å². The Hall–Kier alpha value is -6.13. The number of anilines is 3. The average Bonchev–Trinajstić information content (AvgIpc) is 3.89. The van der Waals surface area contributed by atoms with Crippen LogP contribution < -0.4 is 10.2 Å². The van der Waals surface area contributed by atoms with E-state index in [2.05, 4.69) is 35.5 Å². The summed E-state index contributed by atoms with van der Waals surface area (Å²) in [5, 5.41) is 31.3. The Balaban J connectivity index is 1.10. The van der Waals surface area contributed by atoms with E-state index in [-0.39, 0.29) is 24.5 Å². The molecule has 1 saturated heterocycles. The Bertz CT molecular complexity index is 2340. The van der Waals surface area contributed by atoms with Crippen molar-refractivity contribution in [1.29, 1.82) is 0 Å². The lowest BCUT2D eigenvalue weighted by molar-refractivity contribution is -0.0227. The molecule has 16 heteroatoms. The number of aryl methyl sites for hydroxylation is 1. The summed E-state index contributed by atoms with van der Waals surface area (Å²) in [6.45, 7) is 4.10. The first-order valence-electron chi connectivity index (χ1n) is 16.6. The van der Waals surface area contributed by atoms with Crippen LogP contribution in [0.1, 0.15) is 11.3 Å². The van der Waals surface area contributed by atoms with Gasteiger partial charge in [0.05, 0.1) is 40.9 Å². The van der Waals surface area contributed by atoms with Gasteiger partial charge in [-0.25, -0.2) is 37.3 Å². The van der Waals surface area contributed by atoms with Gasteiger partial charge in [0.2, 0.25) is 5.95 Å². The Morgan fingerprint density at radius 3 is 2.48 bits per heavy atom. The first-order valence-corrected chi connectivity index (χ1v) is 16.6. The number of aliphatic hydroxyl groups is 1. The summed E-state index contributed by atoms with van der Waals surface area (Å²) < 4.78 is 46.2. The van der Waals surface area contributed by atoms with E-state index in [9.17, 15) is 13.9 Å². The number of fused-ring (bicyclic) bond motifs is 1. The zero-order valence-corrected chi connectivity index (χ0v) is 28.0. The molecule has 0 bridgehead atoms. The van der Waals surface area contributed by atoms with Crippen LogP contribution in [0.2, 0.25) is 0 Å². The van der Waals surface area contributed by atoms with E-state index in [0.29, 0.717) is 43.5 Å². The molecule has 2 aromatic carbocycles. The van der Waals surface area contributed by atoms with Crippen LogP contribution >= 0.6 is 0 Å². The molecule has 6 heterocycles.